The number of hydrogen-bond donors (Lipinski definition) is 0. The Bertz CT molecular complexity index is 620. The molecule has 2 aromatic rings. The molecule has 0 aromatic heterocycles. The molecule has 0 aliphatic carbocycles. The van der Waals surface area contributed by atoms with Crippen LogP contribution in [0.3, 0.4) is 0 Å². The van der Waals surface area contributed by atoms with Crippen molar-refractivity contribution in [3.05, 3.63) is 58.4 Å². The van der Waals surface area contributed by atoms with Crippen molar-refractivity contribution in [3.8, 4) is 11.1 Å². The summed E-state index contributed by atoms with van der Waals surface area (Å²) in [4.78, 5) is 11.6. The second-order valence-corrected chi connectivity index (χ2v) is 4.59. The number of aryl methyl sites for hydroxylation is 1. The van der Waals surface area contributed by atoms with Crippen LogP contribution in [0.25, 0.3) is 11.1 Å². The zero-order valence-electron chi connectivity index (χ0n) is 10.1. The summed E-state index contributed by atoms with van der Waals surface area (Å²) in [6.45, 7) is 3.18. The van der Waals surface area contributed by atoms with Gasteiger partial charge >= 0.3 is 0 Å². The lowest BCUT2D eigenvalue weighted by molar-refractivity contribution is 0.101. The fourth-order valence-electron chi connectivity index (χ4n) is 1.89. The molecule has 1 nitrogen and oxygen atoms in total. The average Bonchev–Trinajstić information content (AvgIpc) is 2.34. The molecule has 0 aliphatic rings. The first-order valence-corrected chi connectivity index (χ1v) is 5.94. The van der Waals surface area contributed by atoms with Crippen LogP contribution in [-0.2, 0) is 0 Å². The Morgan fingerprint density at radius 1 is 1.17 bits per heavy atom. The van der Waals surface area contributed by atoms with E-state index in [9.17, 15) is 9.18 Å². The van der Waals surface area contributed by atoms with Crippen LogP contribution in [0.15, 0.2) is 36.4 Å². The molecule has 0 bridgehead atoms. The summed E-state index contributed by atoms with van der Waals surface area (Å²) < 4.78 is 13.4. The van der Waals surface area contributed by atoms with Gasteiger partial charge in [0.2, 0.25) is 0 Å². The van der Waals surface area contributed by atoms with E-state index in [1.165, 1.54) is 13.0 Å². The van der Waals surface area contributed by atoms with E-state index in [0.29, 0.717) is 21.7 Å². The number of carbonyl (C=O) groups excluding carboxylic acids is 1. The summed E-state index contributed by atoms with van der Waals surface area (Å²) in [7, 11) is 0. The highest BCUT2D eigenvalue weighted by molar-refractivity contribution is 6.33. The Morgan fingerprint density at radius 2 is 1.83 bits per heavy atom. The molecule has 0 N–H and O–H groups in total. The first kappa shape index (κ1) is 12.8. The van der Waals surface area contributed by atoms with Gasteiger partial charge in [-0.15, -0.1) is 0 Å². The third-order valence-electron chi connectivity index (χ3n) is 2.84. The van der Waals surface area contributed by atoms with Crippen LogP contribution in [0.1, 0.15) is 22.8 Å². The summed E-state index contributed by atoms with van der Waals surface area (Å²) in [6, 6.07) is 10.1. The molecule has 18 heavy (non-hydrogen) atoms. The van der Waals surface area contributed by atoms with E-state index in [4.69, 9.17) is 11.6 Å². The lowest BCUT2D eigenvalue weighted by atomic mass is 9.96. The summed E-state index contributed by atoms with van der Waals surface area (Å²) in [5.41, 5.74) is 2.51. The number of benzene rings is 2. The van der Waals surface area contributed by atoms with Gasteiger partial charge in [0.15, 0.2) is 5.78 Å². The van der Waals surface area contributed by atoms with Crippen molar-refractivity contribution in [2.75, 3.05) is 0 Å². The Balaban J connectivity index is 2.69. The zero-order valence-corrected chi connectivity index (χ0v) is 10.9. The van der Waals surface area contributed by atoms with Gasteiger partial charge in [0.05, 0.1) is 5.02 Å². The maximum atomic E-state index is 13.4. The fourth-order valence-corrected chi connectivity index (χ4v) is 2.14. The second-order valence-electron chi connectivity index (χ2n) is 4.18. The SMILES string of the molecule is CC(=O)c1ccccc1-c1cc(C)c(F)cc1Cl. The number of Topliss-reactive ketones (excluding diaryl/α,β-unsaturated/α-hetero) is 1. The minimum Gasteiger partial charge on any atom is -0.294 e. The number of rotatable bonds is 2. The molecule has 0 fully saturated rings. The summed E-state index contributed by atoms with van der Waals surface area (Å²) in [6.07, 6.45) is 0. The van der Waals surface area contributed by atoms with Crippen molar-refractivity contribution in [2.45, 2.75) is 13.8 Å². The highest BCUT2D eigenvalue weighted by Gasteiger charge is 2.13. The standard InChI is InChI=1S/C15H12ClFO/c1-9-7-13(14(16)8-15(9)17)12-6-4-3-5-11(12)10(2)18/h3-8H,1-2H3. The second kappa shape index (κ2) is 4.91. The topological polar surface area (TPSA) is 17.1 Å². The van der Waals surface area contributed by atoms with Crippen LogP contribution in [-0.4, -0.2) is 5.78 Å². The van der Waals surface area contributed by atoms with Crippen molar-refractivity contribution in [1.82, 2.24) is 0 Å². The molecule has 2 aromatic carbocycles. The highest BCUT2D eigenvalue weighted by atomic mass is 35.5. The Labute approximate surface area is 110 Å². The summed E-state index contributed by atoms with van der Waals surface area (Å²) in [5, 5.41) is 0.312. The summed E-state index contributed by atoms with van der Waals surface area (Å²) in [5.74, 6) is -0.382. The monoisotopic (exact) mass is 262 g/mol. The van der Waals surface area contributed by atoms with Gasteiger partial charge in [-0.25, -0.2) is 4.39 Å². The van der Waals surface area contributed by atoms with Gasteiger partial charge in [0.1, 0.15) is 5.82 Å². The van der Waals surface area contributed by atoms with Crippen molar-refractivity contribution in [2.24, 2.45) is 0 Å². The Hall–Kier alpha value is -1.67. The Kier molecular flexibility index (Phi) is 3.48. The molecule has 0 spiro atoms. The van der Waals surface area contributed by atoms with Gasteiger partial charge in [-0.3, -0.25) is 4.79 Å². The molecule has 0 heterocycles. The smallest absolute Gasteiger partial charge is 0.160 e. The first-order valence-electron chi connectivity index (χ1n) is 5.56. The largest absolute Gasteiger partial charge is 0.294 e. The molecule has 0 aliphatic heterocycles. The van der Waals surface area contributed by atoms with Crippen molar-refractivity contribution < 1.29 is 9.18 Å². The molecule has 0 amide bonds. The van der Waals surface area contributed by atoms with E-state index >= 15 is 0 Å². The predicted molar refractivity (Wildman–Crippen MR) is 71.6 cm³/mol. The maximum Gasteiger partial charge on any atom is 0.160 e. The van der Waals surface area contributed by atoms with Gasteiger partial charge in [0, 0.05) is 11.1 Å². The van der Waals surface area contributed by atoms with Crippen LogP contribution < -0.4 is 0 Å². The van der Waals surface area contributed by atoms with Crippen molar-refractivity contribution >= 4 is 17.4 Å². The van der Waals surface area contributed by atoms with E-state index in [2.05, 4.69) is 0 Å². The zero-order chi connectivity index (χ0) is 13.3. The van der Waals surface area contributed by atoms with Crippen molar-refractivity contribution in [1.29, 1.82) is 0 Å². The number of carbonyl (C=O) groups is 1. The first-order chi connectivity index (χ1) is 8.50. The normalized spacial score (nSPS) is 10.4. The van der Waals surface area contributed by atoms with Gasteiger partial charge in [-0.1, -0.05) is 35.9 Å². The van der Waals surface area contributed by atoms with E-state index in [0.717, 1.165) is 5.56 Å². The molecule has 0 saturated carbocycles. The van der Waals surface area contributed by atoms with E-state index in [1.807, 2.05) is 12.1 Å². The molecular weight excluding hydrogens is 251 g/mol. The molecule has 0 atom stereocenters. The van der Waals surface area contributed by atoms with Crippen LogP contribution >= 0.6 is 11.6 Å². The predicted octanol–water partition coefficient (Wildman–Crippen LogP) is 4.66. The summed E-state index contributed by atoms with van der Waals surface area (Å²) >= 11 is 6.06. The van der Waals surface area contributed by atoms with Crippen LogP contribution in [0.5, 0.6) is 0 Å². The molecule has 0 saturated heterocycles. The van der Waals surface area contributed by atoms with Crippen LogP contribution in [0.4, 0.5) is 4.39 Å². The van der Waals surface area contributed by atoms with Crippen LogP contribution in [0, 0.1) is 12.7 Å². The Morgan fingerprint density at radius 3 is 2.50 bits per heavy atom. The number of ketones is 1. The molecule has 0 radical (unpaired) electrons. The molecular formula is C15H12ClFO. The lowest BCUT2D eigenvalue weighted by Gasteiger charge is -2.10. The minimum absolute atomic E-state index is 0.0383. The maximum absolute atomic E-state index is 13.4. The molecule has 92 valence electrons. The highest BCUT2D eigenvalue weighted by Crippen LogP contribution is 2.32. The minimum atomic E-state index is -0.343. The van der Waals surface area contributed by atoms with Gasteiger partial charge in [-0.2, -0.15) is 0 Å². The van der Waals surface area contributed by atoms with E-state index < -0.39 is 0 Å². The molecule has 0 unspecified atom stereocenters. The quantitative estimate of drug-likeness (QED) is 0.720. The van der Waals surface area contributed by atoms with E-state index in [1.54, 1.807) is 25.1 Å². The molecule has 3 heteroatoms. The average molecular weight is 263 g/mol. The van der Waals surface area contributed by atoms with Gasteiger partial charge in [-0.05, 0) is 37.1 Å². The fraction of sp³-hybridized carbons (Fsp3) is 0.133. The van der Waals surface area contributed by atoms with Gasteiger partial charge < -0.3 is 0 Å². The van der Waals surface area contributed by atoms with Gasteiger partial charge in [0.25, 0.3) is 0 Å². The number of hydrogen-bond acceptors (Lipinski definition) is 1. The number of halogens is 2. The third kappa shape index (κ3) is 2.29. The van der Waals surface area contributed by atoms with Crippen LogP contribution in [0.2, 0.25) is 5.02 Å². The van der Waals surface area contributed by atoms with E-state index in [-0.39, 0.29) is 11.6 Å². The van der Waals surface area contributed by atoms with Crippen molar-refractivity contribution in [3.63, 3.8) is 0 Å². The molecule has 2 rings (SSSR count). The lowest BCUT2D eigenvalue weighted by Crippen LogP contribution is -1.97. The third-order valence-corrected chi connectivity index (χ3v) is 3.16.